The zero-order chi connectivity index (χ0) is 14.0. The molecule has 2 rings (SSSR count). The van der Waals surface area contributed by atoms with Crippen LogP contribution in [0.1, 0.15) is 0 Å². The van der Waals surface area contributed by atoms with Gasteiger partial charge in [0.25, 0.3) is 10.0 Å². The number of hydrogen-bond donors (Lipinski definition) is 2. The van der Waals surface area contributed by atoms with Gasteiger partial charge >= 0.3 is 0 Å². The average Bonchev–Trinajstić information content (AvgIpc) is 2.32. The molecule has 0 fully saturated rings. The molecule has 0 heterocycles. The number of benzene rings is 2. The van der Waals surface area contributed by atoms with Gasteiger partial charge in [-0.05, 0) is 30.3 Å². The van der Waals surface area contributed by atoms with Gasteiger partial charge in [-0.1, -0.05) is 17.7 Å². The molecule has 19 heavy (non-hydrogen) atoms. The summed E-state index contributed by atoms with van der Waals surface area (Å²) < 4.78 is 39.2. The number of aromatic hydroxyl groups is 1. The third-order valence-corrected chi connectivity index (χ3v) is 3.97. The smallest absolute Gasteiger partial charge is 0.261 e. The normalized spacial score (nSPS) is 11.3. The van der Waals surface area contributed by atoms with Crippen LogP contribution in [-0.4, -0.2) is 13.5 Å². The molecule has 0 aromatic heterocycles. The fourth-order valence-corrected chi connectivity index (χ4v) is 2.75. The molecular weight excluding hydrogens is 293 g/mol. The number of phenolic OH excluding ortho intramolecular Hbond substituents is 1. The van der Waals surface area contributed by atoms with Crippen LogP contribution in [0, 0.1) is 5.82 Å². The maximum absolute atomic E-state index is 13.0. The van der Waals surface area contributed by atoms with Crippen molar-refractivity contribution in [2.45, 2.75) is 4.90 Å². The van der Waals surface area contributed by atoms with E-state index >= 15 is 0 Å². The Labute approximate surface area is 114 Å². The lowest BCUT2D eigenvalue weighted by molar-refractivity contribution is 0.475. The van der Waals surface area contributed by atoms with E-state index in [9.17, 15) is 17.9 Å². The molecule has 0 aliphatic heterocycles. The summed E-state index contributed by atoms with van der Waals surface area (Å²) >= 11 is 5.54. The molecule has 2 N–H and O–H groups in total. The molecule has 0 atom stereocenters. The number of hydrogen-bond acceptors (Lipinski definition) is 3. The Bertz CT molecular complexity index is 719. The van der Waals surface area contributed by atoms with Gasteiger partial charge in [-0.3, -0.25) is 4.72 Å². The highest BCUT2D eigenvalue weighted by Gasteiger charge is 2.16. The van der Waals surface area contributed by atoms with Gasteiger partial charge in [0.15, 0.2) is 0 Å². The first kappa shape index (κ1) is 13.6. The van der Waals surface area contributed by atoms with Crippen molar-refractivity contribution >= 4 is 27.3 Å². The zero-order valence-corrected chi connectivity index (χ0v) is 11.0. The van der Waals surface area contributed by atoms with Gasteiger partial charge in [-0.2, -0.15) is 0 Å². The molecule has 0 bridgehead atoms. The van der Waals surface area contributed by atoms with Crippen LogP contribution in [0.3, 0.4) is 0 Å². The van der Waals surface area contributed by atoms with E-state index < -0.39 is 15.8 Å². The van der Waals surface area contributed by atoms with Crippen LogP contribution >= 0.6 is 11.6 Å². The van der Waals surface area contributed by atoms with Crippen LogP contribution in [0.25, 0.3) is 0 Å². The minimum absolute atomic E-state index is 0.0719. The number of halogens is 2. The van der Waals surface area contributed by atoms with E-state index in [1.165, 1.54) is 24.3 Å². The maximum atomic E-state index is 13.0. The molecule has 100 valence electrons. The van der Waals surface area contributed by atoms with E-state index in [0.29, 0.717) is 0 Å². The van der Waals surface area contributed by atoms with Gasteiger partial charge in [0.2, 0.25) is 0 Å². The summed E-state index contributed by atoms with van der Waals surface area (Å²) in [7, 11) is -3.88. The first-order valence-electron chi connectivity index (χ1n) is 5.15. The van der Waals surface area contributed by atoms with Crippen molar-refractivity contribution in [2.75, 3.05) is 4.72 Å². The molecule has 0 amide bonds. The molecule has 0 aliphatic carbocycles. The van der Waals surface area contributed by atoms with Crippen LogP contribution in [-0.2, 0) is 10.0 Å². The van der Waals surface area contributed by atoms with Crippen LogP contribution in [0.15, 0.2) is 47.4 Å². The Morgan fingerprint density at radius 2 is 1.89 bits per heavy atom. The second-order valence-electron chi connectivity index (χ2n) is 3.73. The summed E-state index contributed by atoms with van der Waals surface area (Å²) in [5, 5.41) is 8.98. The van der Waals surface area contributed by atoms with Crippen molar-refractivity contribution in [3.05, 3.63) is 53.3 Å². The average molecular weight is 302 g/mol. The van der Waals surface area contributed by atoms with Gasteiger partial charge in [0.1, 0.15) is 11.6 Å². The van der Waals surface area contributed by atoms with Gasteiger partial charge in [0.05, 0.1) is 15.6 Å². The fourth-order valence-electron chi connectivity index (χ4n) is 1.43. The standard InChI is InChI=1S/C12H9ClFNO3S/c13-11-7-10(4-5-12(11)14)19(17,18)15-8-2-1-3-9(16)6-8/h1-7,15-16H. The Morgan fingerprint density at radius 1 is 1.16 bits per heavy atom. The summed E-state index contributed by atoms with van der Waals surface area (Å²) in [6, 6.07) is 8.72. The van der Waals surface area contributed by atoms with Crippen molar-refractivity contribution in [1.82, 2.24) is 0 Å². The minimum atomic E-state index is -3.88. The lowest BCUT2D eigenvalue weighted by atomic mass is 10.3. The summed E-state index contributed by atoms with van der Waals surface area (Å²) in [4.78, 5) is -0.165. The highest BCUT2D eigenvalue weighted by atomic mass is 35.5. The molecule has 0 radical (unpaired) electrons. The van der Waals surface area contributed by atoms with E-state index in [1.807, 2.05) is 0 Å². The van der Waals surface area contributed by atoms with Gasteiger partial charge in [-0.25, -0.2) is 12.8 Å². The first-order chi connectivity index (χ1) is 8.88. The topological polar surface area (TPSA) is 66.4 Å². The number of nitrogens with one attached hydrogen (secondary N) is 1. The predicted molar refractivity (Wildman–Crippen MR) is 70.3 cm³/mol. The molecule has 7 heteroatoms. The summed E-state index contributed by atoms with van der Waals surface area (Å²) in [5.74, 6) is -0.768. The Balaban J connectivity index is 2.35. The summed E-state index contributed by atoms with van der Waals surface area (Å²) in [6.07, 6.45) is 0. The van der Waals surface area contributed by atoms with E-state index in [4.69, 9.17) is 11.6 Å². The van der Waals surface area contributed by atoms with Crippen molar-refractivity contribution in [3.63, 3.8) is 0 Å². The maximum Gasteiger partial charge on any atom is 0.261 e. The SMILES string of the molecule is O=S(=O)(Nc1cccc(O)c1)c1ccc(F)c(Cl)c1. The van der Waals surface area contributed by atoms with Crippen molar-refractivity contribution in [3.8, 4) is 5.75 Å². The molecule has 4 nitrogen and oxygen atoms in total. The van der Waals surface area contributed by atoms with Gasteiger partial charge < -0.3 is 5.11 Å². The molecule has 0 unspecified atom stereocenters. The van der Waals surface area contributed by atoms with Crippen LogP contribution < -0.4 is 4.72 Å². The van der Waals surface area contributed by atoms with Crippen molar-refractivity contribution < 1.29 is 17.9 Å². The second-order valence-corrected chi connectivity index (χ2v) is 5.82. The monoisotopic (exact) mass is 301 g/mol. The third kappa shape index (κ3) is 3.15. The Hall–Kier alpha value is -1.79. The molecule has 0 aliphatic rings. The number of sulfonamides is 1. The lowest BCUT2D eigenvalue weighted by Gasteiger charge is -2.08. The van der Waals surface area contributed by atoms with Crippen molar-refractivity contribution in [1.29, 1.82) is 0 Å². The Kier molecular flexibility index (Phi) is 3.64. The highest BCUT2D eigenvalue weighted by Crippen LogP contribution is 2.23. The lowest BCUT2D eigenvalue weighted by Crippen LogP contribution is -2.12. The zero-order valence-electron chi connectivity index (χ0n) is 9.47. The number of anilines is 1. The molecular formula is C12H9ClFNO3S. The first-order valence-corrected chi connectivity index (χ1v) is 7.01. The molecule has 0 spiro atoms. The fraction of sp³-hybridized carbons (Fsp3) is 0. The molecule has 0 saturated heterocycles. The molecule has 2 aromatic rings. The van der Waals surface area contributed by atoms with E-state index in [2.05, 4.69) is 4.72 Å². The molecule has 2 aromatic carbocycles. The predicted octanol–water partition coefficient (Wildman–Crippen LogP) is 2.99. The van der Waals surface area contributed by atoms with E-state index in [0.717, 1.165) is 18.2 Å². The summed E-state index contributed by atoms with van der Waals surface area (Å²) in [5.41, 5.74) is 0.195. The van der Waals surface area contributed by atoms with E-state index in [1.54, 1.807) is 0 Å². The van der Waals surface area contributed by atoms with Gasteiger partial charge in [0, 0.05) is 6.07 Å². The van der Waals surface area contributed by atoms with Crippen LogP contribution in [0.4, 0.5) is 10.1 Å². The molecule has 0 saturated carbocycles. The largest absolute Gasteiger partial charge is 0.508 e. The number of rotatable bonds is 3. The number of phenols is 1. The van der Waals surface area contributed by atoms with Gasteiger partial charge in [-0.15, -0.1) is 0 Å². The van der Waals surface area contributed by atoms with Crippen LogP contribution in [0.2, 0.25) is 5.02 Å². The van der Waals surface area contributed by atoms with Crippen molar-refractivity contribution in [2.24, 2.45) is 0 Å². The summed E-state index contributed by atoms with van der Waals surface area (Å²) in [6.45, 7) is 0. The Morgan fingerprint density at radius 3 is 2.53 bits per heavy atom. The second kappa shape index (κ2) is 5.07. The highest BCUT2D eigenvalue weighted by molar-refractivity contribution is 7.92. The quantitative estimate of drug-likeness (QED) is 0.916. The third-order valence-electron chi connectivity index (χ3n) is 2.30. The van der Waals surface area contributed by atoms with Crippen LogP contribution in [0.5, 0.6) is 5.75 Å². The minimum Gasteiger partial charge on any atom is -0.508 e. The van der Waals surface area contributed by atoms with E-state index in [-0.39, 0.29) is 21.4 Å².